The Hall–Kier alpha value is -5.24. The fraction of sp³-hybridized carbons (Fsp3) is 0.0667. The molecule has 0 amide bonds. The third-order valence-corrected chi connectivity index (χ3v) is 6.38. The van der Waals surface area contributed by atoms with E-state index in [1.165, 1.54) is 78.9 Å². The largest absolute Gasteiger partial charge is 0.508 e. The maximum absolute atomic E-state index is 13.8. The van der Waals surface area contributed by atoms with Gasteiger partial charge in [-0.25, -0.2) is 0 Å². The molecule has 0 fully saturated rings. The molecule has 2 atom stereocenters. The maximum atomic E-state index is 13.8. The highest BCUT2D eigenvalue weighted by Crippen LogP contribution is 2.50. The lowest BCUT2D eigenvalue weighted by atomic mass is 9.79. The Morgan fingerprint density at radius 1 is 0.763 bits per heavy atom. The van der Waals surface area contributed by atoms with Gasteiger partial charge in [0.05, 0.1) is 22.6 Å². The van der Waals surface area contributed by atoms with Gasteiger partial charge < -0.3 is 30.3 Å². The van der Waals surface area contributed by atoms with Crippen molar-refractivity contribution in [1.29, 1.82) is 0 Å². The lowest BCUT2D eigenvalue weighted by Crippen LogP contribution is -2.30. The Bertz CT molecular complexity index is 1570. The number of ether oxygens (including phenoxy) is 1. The number of phenolic OH excluding ortho intramolecular Hbond substituents is 5. The van der Waals surface area contributed by atoms with Crippen LogP contribution < -0.4 is 4.74 Å². The summed E-state index contributed by atoms with van der Waals surface area (Å²) in [6.07, 6.45) is 1.67. The molecule has 38 heavy (non-hydrogen) atoms. The van der Waals surface area contributed by atoms with Crippen LogP contribution in [0.1, 0.15) is 49.4 Å². The minimum absolute atomic E-state index is 0.0100. The first-order valence-corrected chi connectivity index (χ1v) is 11.6. The standard InChI is InChI=1S/C30H22O8/c31-18-6-1-16(2-7-18)3-13-23(34)21-12-14-24(35)26(28(21)36)27-29(37)22-11-10-20(33)15-25(22)38-30(27)17-4-8-19(32)9-5-17/h1-15,27,30-33,35-36H/b13-3+. The SMILES string of the molecule is O=C(/C=C/c1ccc(O)cc1)c1ccc(O)c(C2C(=O)c3ccc(O)cc3OC2c2ccc(O)cc2)c1O. The van der Waals surface area contributed by atoms with Crippen LogP contribution in [0.4, 0.5) is 0 Å². The van der Waals surface area contributed by atoms with E-state index in [4.69, 9.17) is 4.74 Å². The van der Waals surface area contributed by atoms with Gasteiger partial charge in [-0.05, 0) is 65.7 Å². The molecule has 4 aromatic rings. The fourth-order valence-electron chi connectivity index (χ4n) is 4.48. The normalized spacial score (nSPS) is 16.7. The molecule has 0 aliphatic carbocycles. The first-order valence-electron chi connectivity index (χ1n) is 11.6. The number of Topliss-reactive ketones (excluding diaryl/α,β-unsaturated/α-hetero) is 1. The number of phenols is 5. The number of rotatable bonds is 5. The summed E-state index contributed by atoms with van der Waals surface area (Å²) in [5.74, 6) is -3.24. The summed E-state index contributed by atoms with van der Waals surface area (Å²) < 4.78 is 6.10. The van der Waals surface area contributed by atoms with Gasteiger partial charge in [0.25, 0.3) is 0 Å². The molecule has 0 saturated heterocycles. The van der Waals surface area contributed by atoms with Crippen molar-refractivity contribution in [3.63, 3.8) is 0 Å². The zero-order valence-electron chi connectivity index (χ0n) is 19.8. The van der Waals surface area contributed by atoms with E-state index in [-0.39, 0.29) is 39.7 Å². The van der Waals surface area contributed by atoms with E-state index in [0.29, 0.717) is 11.1 Å². The smallest absolute Gasteiger partial charge is 0.189 e. The van der Waals surface area contributed by atoms with Crippen molar-refractivity contribution in [3.8, 4) is 34.5 Å². The number of hydrogen-bond acceptors (Lipinski definition) is 8. The van der Waals surface area contributed by atoms with Gasteiger partial charge in [0, 0.05) is 6.07 Å². The van der Waals surface area contributed by atoms with E-state index in [0.717, 1.165) is 0 Å². The predicted octanol–water partition coefficient (Wildman–Crippen LogP) is 5.21. The highest BCUT2D eigenvalue weighted by Gasteiger charge is 2.43. The summed E-state index contributed by atoms with van der Waals surface area (Å²) in [5.41, 5.74) is 0.901. The number of carbonyl (C=O) groups is 2. The van der Waals surface area contributed by atoms with E-state index in [2.05, 4.69) is 0 Å². The molecule has 190 valence electrons. The van der Waals surface area contributed by atoms with Crippen LogP contribution in [-0.4, -0.2) is 37.1 Å². The quantitative estimate of drug-likeness (QED) is 0.182. The average molecular weight is 510 g/mol. The van der Waals surface area contributed by atoms with E-state index in [9.17, 15) is 35.1 Å². The molecular weight excluding hydrogens is 488 g/mol. The zero-order valence-corrected chi connectivity index (χ0v) is 19.8. The Labute approximate surface area is 217 Å². The Morgan fingerprint density at radius 3 is 2.08 bits per heavy atom. The Morgan fingerprint density at radius 2 is 1.39 bits per heavy atom. The van der Waals surface area contributed by atoms with Crippen LogP contribution in [0.2, 0.25) is 0 Å². The molecule has 4 aromatic carbocycles. The first kappa shape index (κ1) is 24.5. The average Bonchev–Trinajstić information content (AvgIpc) is 2.89. The summed E-state index contributed by atoms with van der Waals surface area (Å²) in [6.45, 7) is 0. The van der Waals surface area contributed by atoms with E-state index < -0.39 is 35.1 Å². The summed E-state index contributed by atoms with van der Waals surface area (Å²) in [6, 6.07) is 18.5. The van der Waals surface area contributed by atoms with Crippen molar-refractivity contribution in [1.82, 2.24) is 0 Å². The summed E-state index contributed by atoms with van der Waals surface area (Å²) in [5, 5.41) is 51.1. The molecule has 1 heterocycles. The number of benzene rings is 4. The summed E-state index contributed by atoms with van der Waals surface area (Å²) in [7, 11) is 0. The van der Waals surface area contributed by atoms with Crippen LogP contribution in [0.5, 0.6) is 34.5 Å². The van der Waals surface area contributed by atoms with Crippen LogP contribution >= 0.6 is 0 Å². The zero-order chi connectivity index (χ0) is 27.0. The van der Waals surface area contributed by atoms with Gasteiger partial charge in [0.1, 0.15) is 40.6 Å². The van der Waals surface area contributed by atoms with Gasteiger partial charge in [-0.1, -0.05) is 30.3 Å². The van der Waals surface area contributed by atoms with Crippen LogP contribution in [0.25, 0.3) is 6.08 Å². The molecular formula is C30H22O8. The van der Waals surface area contributed by atoms with Gasteiger partial charge in [-0.3, -0.25) is 9.59 Å². The van der Waals surface area contributed by atoms with E-state index in [1.807, 2.05) is 0 Å². The third-order valence-electron chi connectivity index (χ3n) is 6.38. The number of fused-ring (bicyclic) bond motifs is 1. The number of ketones is 2. The van der Waals surface area contributed by atoms with Crippen LogP contribution in [0, 0.1) is 0 Å². The van der Waals surface area contributed by atoms with Crippen molar-refractivity contribution in [2.45, 2.75) is 12.0 Å². The molecule has 8 nitrogen and oxygen atoms in total. The van der Waals surface area contributed by atoms with Crippen molar-refractivity contribution in [2.24, 2.45) is 0 Å². The Balaban J connectivity index is 1.60. The van der Waals surface area contributed by atoms with Crippen LogP contribution in [0.15, 0.2) is 84.9 Å². The molecule has 5 rings (SSSR count). The number of hydrogen-bond donors (Lipinski definition) is 5. The monoisotopic (exact) mass is 510 g/mol. The van der Waals surface area contributed by atoms with Gasteiger partial charge in [0.2, 0.25) is 0 Å². The first-order chi connectivity index (χ1) is 18.2. The predicted molar refractivity (Wildman–Crippen MR) is 138 cm³/mol. The molecule has 0 bridgehead atoms. The van der Waals surface area contributed by atoms with Crippen LogP contribution in [0.3, 0.4) is 0 Å². The number of aromatic hydroxyl groups is 5. The van der Waals surface area contributed by atoms with E-state index in [1.54, 1.807) is 12.1 Å². The number of allylic oxidation sites excluding steroid dienone is 1. The lowest BCUT2D eigenvalue weighted by Gasteiger charge is -2.34. The molecule has 0 spiro atoms. The molecule has 2 unspecified atom stereocenters. The topological polar surface area (TPSA) is 145 Å². The maximum Gasteiger partial charge on any atom is 0.189 e. The Kier molecular flexibility index (Phi) is 6.22. The van der Waals surface area contributed by atoms with Crippen molar-refractivity contribution in [2.75, 3.05) is 0 Å². The molecule has 0 saturated carbocycles. The minimum Gasteiger partial charge on any atom is -0.508 e. The molecule has 1 aliphatic rings. The van der Waals surface area contributed by atoms with Gasteiger partial charge >= 0.3 is 0 Å². The molecule has 5 N–H and O–H groups in total. The lowest BCUT2D eigenvalue weighted by molar-refractivity contribution is 0.0772. The molecule has 0 radical (unpaired) electrons. The van der Waals surface area contributed by atoms with Crippen molar-refractivity contribution >= 4 is 17.6 Å². The fourth-order valence-corrected chi connectivity index (χ4v) is 4.48. The van der Waals surface area contributed by atoms with E-state index >= 15 is 0 Å². The van der Waals surface area contributed by atoms with Gasteiger partial charge in [-0.2, -0.15) is 0 Å². The second-order valence-corrected chi connectivity index (χ2v) is 8.84. The highest BCUT2D eigenvalue weighted by atomic mass is 16.5. The van der Waals surface area contributed by atoms with Gasteiger partial charge in [0.15, 0.2) is 11.6 Å². The summed E-state index contributed by atoms with van der Waals surface area (Å²) in [4.78, 5) is 26.8. The molecule has 1 aliphatic heterocycles. The van der Waals surface area contributed by atoms with Gasteiger partial charge in [-0.15, -0.1) is 0 Å². The number of carbonyl (C=O) groups excluding carboxylic acids is 2. The second kappa shape index (κ2) is 9.67. The molecule has 0 aromatic heterocycles. The highest BCUT2D eigenvalue weighted by molar-refractivity contribution is 6.10. The van der Waals surface area contributed by atoms with Crippen molar-refractivity contribution in [3.05, 3.63) is 113 Å². The molecule has 8 heteroatoms. The minimum atomic E-state index is -1.26. The summed E-state index contributed by atoms with van der Waals surface area (Å²) >= 11 is 0. The van der Waals surface area contributed by atoms with Crippen LogP contribution in [-0.2, 0) is 0 Å². The van der Waals surface area contributed by atoms with Crippen molar-refractivity contribution < 1.29 is 39.9 Å². The second-order valence-electron chi connectivity index (χ2n) is 8.84. The third kappa shape index (κ3) is 4.51.